The van der Waals surface area contributed by atoms with E-state index in [1.165, 1.54) is 22.3 Å². The molecule has 4 aromatic rings. The topological polar surface area (TPSA) is 70.5 Å². The largest absolute Gasteiger partial charge is 0.477 e. The third-order valence-electron chi connectivity index (χ3n) is 4.65. The van der Waals surface area contributed by atoms with Crippen molar-refractivity contribution in [2.75, 3.05) is 4.90 Å². The molecule has 2 heterocycles. The number of hydrogen-bond acceptors (Lipinski definition) is 5. The van der Waals surface area contributed by atoms with E-state index < -0.39 is 11.9 Å². The summed E-state index contributed by atoms with van der Waals surface area (Å²) in [5, 5.41) is 11.4. The van der Waals surface area contributed by atoms with Crippen LogP contribution in [0, 0.1) is 6.92 Å². The van der Waals surface area contributed by atoms with E-state index in [4.69, 9.17) is 23.2 Å². The van der Waals surface area contributed by atoms with Crippen molar-refractivity contribution in [3.8, 4) is 10.4 Å². The molecule has 2 aromatic heterocycles. The smallest absolute Gasteiger partial charge is 0.348 e. The zero-order valence-electron chi connectivity index (χ0n) is 16.7. The molecule has 0 aliphatic rings. The van der Waals surface area contributed by atoms with Gasteiger partial charge in [-0.15, -0.1) is 22.7 Å². The number of carboxylic acid groups (broad SMARTS) is 1. The molecule has 162 valence electrons. The number of benzene rings is 2. The van der Waals surface area contributed by atoms with Gasteiger partial charge in [-0.3, -0.25) is 4.79 Å². The summed E-state index contributed by atoms with van der Waals surface area (Å²) in [6, 6.07) is 15.8. The van der Waals surface area contributed by atoms with Crippen LogP contribution in [-0.4, -0.2) is 22.0 Å². The van der Waals surface area contributed by atoms with E-state index in [9.17, 15) is 14.7 Å². The van der Waals surface area contributed by atoms with Crippen LogP contribution in [-0.2, 0) is 6.54 Å². The van der Waals surface area contributed by atoms with Gasteiger partial charge in [-0.25, -0.2) is 9.78 Å². The molecule has 0 saturated heterocycles. The maximum atomic E-state index is 13.6. The van der Waals surface area contributed by atoms with Gasteiger partial charge < -0.3 is 10.0 Å². The molecular formula is C23H16Cl2N2O3S2. The lowest BCUT2D eigenvalue weighted by molar-refractivity contribution is 0.0703. The van der Waals surface area contributed by atoms with E-state index in [1.807, 2.05) is 37.3 Å². The molecule has 0 spiro atoms. The highest BCUT2D eigenvalue weighted by Crippen LogP contribution is 2.39. The molecule has 1 N–H and O–H groups in total. The van der Waals surface area contributed by atoms with E-state index in [1.54, 1.807) is 24.4 Å². The highest BCUT2D eigenvalue weighted by Gasteiger charge is 2.28. The van der Waals surface area contributed by atoms with Crippen LogP contribution in [0.3, 0.4) is 0 Å². The Morgan fingerprint density at radius 1 is 1.06 bits per heavy atom. The van der Waals surface area contributed by atoms with Crippen molar-refractivity contribution >= 4 is 63.4 Å². The van der Waals surface area contributed by atoms with Crippen molar-refractivity contribution in [3.05, 3.63) is 91.2 Å². The number of carbonyl (C=O) groups excluding carboxylic acids is 1. The van der Waals surface area contributed by atoms with Crippen molar-refractivity contribution in [2.45, 2.75) is 13.5 Å². The highest BCUT2D eigenvalue weighted by atomic mass is 35.5. The van der Waals surface area contributed by atoms with Gasteiger partial charge in [0.15, 0.2) is 0 Å². The Balaban J connectivity index is 1.85. The second-order valence-electron chi connectivity index (χ2n) is 6.86. The monoisotopic (exact) mass is 502 g/mol. The lowest BCUT2D eigenvalue weighted by Crippen LogP contribution is -2.31. The number of anilines is 1. The number of aromatic nitrogens is 1. The second-order valence-corrected chi connectivity index (χ2v) is 10.1. The Morgan fingerprint density at radius 3 is 2.44 bits per heavy atom. The first kappa shape index (κ1) is 22.5. The lowest BCUT2D eigenvalue weighted by atomic mass is 10.1. The van der Waals surface area contributed by atoms with Crippen LogP contribution in [0.5, 0.6) is 0 Å². The number of aromatic carboxylic acids is 1. The summed E-state index contributed by atoms with van der Waals surface area (Å²) in [6.45, 7) is 2.03. The standard InChI is InChI=1S/C23H16Cl2N2O3S2/c1-13-26-11-16(31-13)12-27(22(28)17-8-7-15(24)9-18(17)25)19-10-20(32-21(19)23(29)30)14-5-3-2-4-6-14/h2-11H,12H2,1H3,(H,29,30). The number of hydrogen-bond donors (Lipinski definition) is 1. The molecule has 0 unspecified atom stereocenters. The summed E-state index contributed by atoms with van der Waals surface area (Å²) >= 11 is 14.9. The van der Waals surface area contributed by atoms with Crippen molar-refractivity contribution in [2.24, 2.45) is 0 Å². The minimum absolute atomic E-state index is 0.0727. The van der Waals surface area contributed by atoms with E-state index in [2.05, 4.69) is 4.98 Å². The van der Waals surface area contributed by atoms with Gasteiger partial charge in [-0.2, -0.15) is 0 Å². The van der Waals surface area contributed by atoms with Gasteiger partial charge in [0.25, 0.3) is 5.91 Å². The molecular weight excluding hydrogens is 487 g/mol. The zero-order valence-corrected chi connectivity index (χ0v) is 19.9. The molecule has 0 aliphatic carbocycles. The summed E-state index contributed by atoms with van der Waals surface area (Å²) in [5.41, 5.74) is 1.42. The predicted molar refractivity (Wildman–Crippen MR) is 131 cm³/mol. The summed E-state index contributed by atoms with van der Waals surface area (Å²) < 4.78 is 0. The van der Waals surface area contributed by atoms with Crippen LogP contribution >= 0.6 is 45.9 Å². The quantitative estimate of drug-likeness (QED) is 0.307. The Labute approximate surface area is 202 Å². The summed E-state index contributed by atoms with van der Waals surface area (Å²) in [6.07, 6.45) is 1.69. The molecule has 0 atom stereocenters. The van der Waals surface area contributed by atoms with Crippen LogP contribution in [0.2, 0.25) is 10.0 Å². The van der Waals surface area contributed by atoms with Crippen LogP contribution in [0.25, 0.3) is 10.4 Å². The fourth-order valence-corrected chi connectivity index (χ4v) is 5.47. The molecule has 2 aromatic carbocycles. The third kappa shape index (κ3) is 4.71. The van der Waals surface area contributed by atoms with Crippen LogP contribution in [0.15, 0.2) is 60.8 Å². The maximum absolute atomic E-state index is 13.6. The van der Waals surface area contributed by atoms with Crippen LogP contribution < -0.4 is 4.90 Å². The van der Waals surface area contributed by atoms with Gasteiger partial charge >= 0.3 is 5.97 Å². The third-order valence-corrected chi connectivity index (χ3v) is 7.25. The number of amides is 1. The summed E-state index contributed by atoms with van der Waals surface area (Å²) in [4.78, 5) is 33.1. The van der Waals surface area contributed by atoms with Gasteiger partial charge in [-0.05, 0) is 36.8 Å². The Hall–Kier alpha value is -2.71. The number of halogens is 2. The number of carboxylic acids is 1. The average Bonchev–Trinajstić information content (AvgIpc) is 3.39. The van der Waals surface area contributed by atoms with Gasteiger partial charge in [0.05, 0.1) is 27.8 Å². The molecule has 0 bridgehead atoms. The number of aryl methyl sites for hydroxylation is 1. The SMILES string of the molecule is Cc1ncc(CN(C(=O)c2ccc(Cl)cc2Cl)c2cc(-c3ccccc3)sc2C(=O)O)s1. The number of nitrogens with zero attached hydrogens (tertiary/aromatic N) is 2. The molecule has 32 heavy (non-hydrogen) atoms. The molecule has 5 nitrogen and oxygen atoms in total. The Kier molecular flexibility index (Phi) is 6.62. The number of thiophene rings is 1. The van der Waals surface area contributed by atoms with Crippen LogP contribution in [0.4, 0.5) is 5.69 Å². The number of thiazole rings is 1. The molecule has 0 saturated carbocycles. The average molecular weight is 503 g/mol. The number of rotatable bonds is 6. The van der Waals surface area contributed by atoms with Gasteiger partial charge in [-0.1, -0.05) is 53.5 Å². The molecule has 1 amide bonds. The highest BCUT2D eigenvalue weighted by molar-refractivity contribution is 7.18. The molecule has 0 fully saturated rings. The Morgan fingerprint density at radius 2 is 1.81 bits per heavy atom. The zero-order chi connectivity index (χ0) is 22.8. The lowest BCUT2D eigenvalue weighted by Gasteiger charge is -2.22. The molecule has 0 radical (unpaired) electrons. The minimum atomic E-state index is -1.10. The first-order valence-corrected chi connectivity index (χ1v) is 11.8. The van der Waals surface area contributed by atoms with Crippen molar-refractivity contribution in [3.63, 3.8) is 0 Å². The summed E-state index contributed by atoms with van der Waals surface area (Å²) in [5.74, 6) is -1.52. The molecule has 4 rings (SSSR count). The van der Waals surface area contributed by atoms with Crippen molar-refractivity contribution in [1.29, 1.82) is 0 Å². The Bertz CT molecular complexity index is 1300. The van der Waals surface area contributed by atoms with Crippen molar-refractivity contribution in [1.82, 2.24) is 4.98 Å². The molecule has 0 aliphatic heterocycles. The van der Waals surface area contributed by atoms with Crippen LogP contribution in [0.1, 0.15) is 29.9 Å². The van der Waals surface area contributed by atoms with Crippen molar-refractivity contribution < 1.29 is 14.7 Å². The van der Waals surface area contributed by atoms with Gasteiger partial charge in [0, 0.05) is 21.0 Å². The molecule has 9 heteroatoms. The first-order valence-electron chi connectivity index (χ1n) is 9.44. The van der Waals surface area contributed by atoms with E-state index >= 15 is 0 Å². The number of carbonyl (C=O) groups is 2. The van der Waals surface area contributed by atoms with Gasteiger partial charge in [0.1, 0.15) is 4.88 Å². The fourth-order valence-electron chi connectivity index (χ4n) is 3.19. The van der Waals surface area contributed by atoms with E-state index in [0.717, 1.165) is 31.7 Å². The fraction of sp³-hybridized carbons (Fsp3) is 0.0870. The summed E-state index contributed by atoms with van der Waals surface area (Å²) in [7, 11) is 0. The minimum Gasteiger partial charge on any atom is -0.477 e. The van der Waals surface area contributed by atoms with E-state index in [0.29, 0.717) is 10.7 Å². The maximum Gasteiger partial charge on any atom is 0.348 e. The van der Waals surface area contributed by atoms with E-state index in [-0.39, 0.29) is 22.0 Å². The second kappa shape index (κ2) is 9.42. The predicted octanol–water partition coefficient (Wildman–Crippen LogP) is 7.03. The normalized spacial score (nSPS) is 10.8. The van der Waals surface area contributed by atoms with Gasteiger partial charge in [0.2, 0.25) is 0 Å². The first-order chi connectivity index (χ1) is 15.3.